The second-order valence-corrected chi connectivity index (χ2v) is 5.20. The Morgan fingerprint density at radius 2 is 1.86 bits per heavy atom. The van der Waals surface area contributed by atoms with Gasteiger partial charge in [0.05, 0.1) is 5.75 Å². The maximum atomic E-state index is 11.9. The van der Waals surface area contributed by atoms with Crippen molar-refractivity contribution in [3.63, 3.8) is 0 Å². The Morgan fingerprint density at radius 1 is 1.23 bits per heavy atom. The normalized spacial score (nSPS) is 11.0. The molecule has 0 aromatic heterocycles. The van der Waals surface area contributed by atoms with Crippen LogP contribution in [0.5, 0.6) is 5.75 Å². The summed E-state index contributed by atoms with van der Waals surface area (Å²) < 4.78 is 40.6. The lowest BCUT2D eigenvalue weighted by Crippen LogP contribution is -2.28. The Morgan fingerprint density at radius 3 is 2.41 bits per heavy atom. The summed E-state index contributed by atoms with van der Waals surface area (Å²) in [6, 6.07) is 6.54. The Hall–Kier alpha value is -1.90. The van der Waals surface area contributed by atoms with Crippen LogP contribution < -0.4 is 10.1 Å². The number of carbonyl (C=O) groups is 2. The average molecular weight is 337 g/mol. The first-order valence-corrected chi connectivity index (χ1v) is 7.16. The highest BCUT2D eigenvalue weighted by Gasteiger charge is 2.29. The number of rotatable bonds is 8. The molecule has 0 atom stereocenters. The molecule has 2 N–H and O–H groups in total. The van der Waals surface area contributed by atoms with Crippen molar-refractivity contribution >= 4 is 23.6 Å². The molecular weight excluding hydrogens is 323 g/mol. The minimum atomic E-state index is -4.41. The van der Waals surface area contributed by atoms with E-state index < -0.39 is 29.7 Å². The number of hydrogen-bond acceptors (Lipinski definition) is 4. The summed E-state index contributed by atoms with van der Waals surface area (Å²) in [6.45, 7) is -0.223. The van der Waals surface area contributed by atoms with Crippen LogP contribution in [0.2, 0.25) is 0 Å². The summed E-state index contributed by atoms with van der Waals surface area (Å²) in [5.41, 5.74) is -3.57. The lowest BCUT2D eigenvalue weighted by atomic mass is 10.1. The number of halogens is 3. The van der Waals surface area contributed by atoms with Crippen LogP contribution >= 0.6 is 11.8 Å². The third-order valence-corrected chi connectivity index (χ3v) is 3.12. The monoisotopic (exact) mass is 337 g/mol. The first-order valence-electron chi connectivity index (χ1n) is 6.17. The molecule has 9 heteroatoms. The Bertz CT molecular complexity index is 505. The number of alkyl halides is 3. The van der Waals surface area contributed by atoms with Crippen molar-refractivity contribution in [2.45, 2.75) is 11.9 Å². The summed E-state index contributed by atoms with van der Waals surface area (Å²) >= 11 is -0.379. The number of thioether (sulfide) groups is 1. The molecule has 22 heavy (non-hydrogen) atoms. The molecule has 0 radical (unpaired) electrons. The Kier molecular flexibility index (Phi) is 7.03. The number of nitrogens with one attached hydrogen (secondary N) is 1. The SMILES string of the molecule is O=C(O)COc1ccc(CCNC(=O)CSC(F)(F)F)cc1. The summed E-state index contributed by atoms with van der Waals surface area (Å²) in [5.74, 6) is -2.02. The van der Waals surface area contributed by atoms with E-state index >= 15 is 0 Å². The maximum Gasteiger partial charge on any atom is 0.442 e. The van der Waals surface area contributed by atoms with Crippen LogP contribution in [0.3, 0.4) is 0 Å². The quantitative estimate of drug-likeness (QED) is 0.759. The number of carbonyl (C=O) groups excluding carboxylic acids is 1. The van der Waals surface area contributed by atoms with Gasteiger partial charge in [-0.2, -0.15) is 13.2 Å². The topological polar surface area (TPSA) is 75.6 Å². The van der Waals surface area contributed by atoms with Gasteiger partial charge >= 0.3 is 11.5 Å². The molecule has 1 aromatic rings. The molecule has 0 bridgehead atoms. The van der Waals surface area contributed by atoms with E-state index in [1.165, 1.54) is 0 Å². The Balaban J connectivity index is 2.27. The van der Waals surface area contributed by atoms with E-state index in [1.807, 2.05) is 0 Å². The van der Waals surface area contributed by atoms with Crippen molar-refractivity contribution in [3.05, 3.63) is 29.8 Å². The first kappa shape index (κ1) is 18.1. The van der Waals surface area contributed by atoms with Gasteiger partial charge in [-0.1, -0.05) is 12.1 Å². The van der Waals surface area contributed by atoms with Crippen molar-refractivity contribution in [2.24, 2.45) is 0 Å². The highest BCUT2D eigenvalue weighted by Crippen LogP contribution is 2.29. The van der Waals surface area contributed by atoms with Crippen molar-refractivity contribution in [1.29, 1.82) is 0 Å². The summed E-state index contributed by atoms with van der Waals surface area (Å²) in [5, 5.41) is 10.8. The fourth-order valence-corrected chi connectivity index (χ4v) is 1.84. The Labute approximate surface area is 128 Å². The van der Waals surface area contributed by atoms with Gasteiger partial charge in [-0.25, -0.2) is 4.79 Å². The first-order chi connectivity index (χ1) is 10.3. The number of carboxylic acid groups (broad SMARTS) is 1. The number of aliphatic carboxylic acids is 1. The molecule has 1 amide bonds. The minimum Gasteiger partial charge on any atom is -0.482 e. The molecule has 0 aliphatic heterocycles. The van der Waals surface area contributed by atoms with Gasteiger partial charge in [0, 0.05) is 6.54 Å². The smallest absolute Gasteiger partial charge is 0.442 e. The molecule has 5 nitrogen and oxygen atoms in total. The third-order valence-electron chi connectivity index (χ3n) is 2.39. The summed E-state index contributed by atoms with van der Waals surface area (Å²) in [6.07, 6.45) is 0.446. The standard InChI is InChI=1S/C13H14F3NO4S/c14-13(15,16)22-8-11(18)17-6-5-9-1-3-10(4-2-9)21-7-12(19)20/h1-4H,5-8H2,(H,17,18)(H,19,20). The number of amides is 1. The number of carboxylic acids is 1. The van der Waals surface area contributed by atoms with Crippen LogP contribution in [0.15, 0.2) is 24.3 Å². The van der Waals surface area contributed by atoms with Crippen LogP contribution in [-0.2, 0) is 16.0 Å². The van der Waals surface area contributed by atoms with Crippen molar-refractivity contribution in [3.8, 4) is 5.75 Å². The minimum absolute atomic E-state index is 0.215. The molecule has 1 rings (SSSR count). The predicted molar refractivity (Wildman–Crippen MR) is 74.8 cm³/mol. The molecule has 122 valence electrons. The molecular formula is C13H14F3NO4S. The van der Waals surface area contributed by atoms with E-state index in [9.17, 15) is 22.8 Å². The van der Waals surface area contributed by atoms with Gasteiger partial charge in [-0.15, -0.1) is 0 Å². The molecule has 0 spiro atoms. The van der Waals surface area contributed by atoms with Crippen LogP contribution in [0.4, 0.5) is 13.2 Å². The van der Waals surface area contributed by atoms with E-state index in [0.717, 1.165) is 5.56 Å². The van der Waals surface area contributed by atoms with E-state index in [4.69, 9.17) is 9.84 Å². The van der Waals surface area contributed by atoms with Gasteiger partial charge in [0.2, 0.25) is 5.91 Å². The van der Waals surface area contributed by atoms with E-state index in [0.29, 0.717) is 12.2 Å². The lowest BCUT2D eigenvalue weighted by molar-refractivity contribution is -0.139. The van der Waals surface area contributed by atoms with Gasteiger partial charge < -0.3 is 15.2 Å². The molecule has 0 aliphatic carbocycles. The molecule has 0 unspecified atom stereocenters. The average Bonchev–Trinajstić information content (AvgIpc) is 2.43. The number of ether oxygens (including phenoxy) is 1. The van der Waals surface area contributed by atoms with E-state index in [-0.39, 0.29) is 18.3 Å². The summed E-state index contributed by atoms with van der Waals surface area (Å²) in [7, 11) is 0. The molecule has 0 saturated carbocycles. The second kappa shape index (κ2) is 8.52. The predicted octanol–water partition coefficient (Wildman–Crippen LogP) is 2.06. The second-order valence-electron chi connectivity index (χ2n) is 4.16. The van der Waals surface area contributed by atoms with Crippen molar-refractivity contribution in [2.75, 3.05) is 18.9 Å². The van der Waals surface area contributed by atoms with Gasteiger partial charge in [0.1, 0.15) is 5.75 Å². The highest BCUT2D eigenvalue weighted by molar-refractivity contribution is 8.00. The highest BCUT2D eigenvalue weighted by atomic mass is 32.2. The number of benzene rings is 1. The largest absolute Gasteiger partial charge is 0.482 e. The van der Waals surface area contributed by atoms with Crippen LogP contribution in [0, 0.1) is 0 Å². The van der Waals surface area contributed by atoms with Gasteiger partial charge in [0.15, 0.2) is 6.61 Å². The maximum absolute atomic E-state index is 11.9. The van der Waals surface area contributed by atoms with Crippen molar-refractivity contribution < 1.29 is 32.6 Å². The third kappa shape index (κ3) is 8.40. The van der Waals surface area contributed by atoms with E-state index in [2.05, 4.69) is 5.32 Å². The fourth-order valence-electron chi connectivity index (χ4n) is 1.44. The zero-order valence-corrected chi connectivity index (χ0v) is 12.2. The van der Waals surface area contributed by atoms with Crippen LogP contribution in [-0.4, -0.2) is 41.4 Å². The number of hydrogen-bond donors (Lipinski definition) is 2. The zero-order valence-electron chi connectivity index (χ0n) is 11.4. The van der Waals surface area contributed by atoms with Gasteiger partial charge in [-0.3, -0.25) is 4.79 Å². The molecule has 0 aliphatic rings. The lowest BCUT2D eigenvalue weighted by Gasteiger charge is -2.08. The van der Waals surface area contributed by atoms with E-state index in [1.54, 1.807) is 24.3 Å². The van der Waals surface area contributed by atoms with Crippen LogP contribution in [0.25, 0.3) is 0 Å². The zero-order chi connectivity index (χ0) is 16.6. The fraction of sp³-hybridized carbons (Fsp3) is 0.385. The summed E-state index contributed by atoms with van der Waals surface area (Å²) in [4.78, 5) is 21.5. The van der Waals surface area contributed by atoms with Gasteiger partial charge in [0.25, 0.3) is 0 Å². The molecule has 1 aromatic carbocycles. The molecule has 0 heterocycles. The van der Waals surface area contributed by atoms with Crippen LogP contribution in [0.1, 0.15) is 5.56 Å². The van der Waals surface area contributed by atoms with Gasteiger partial charge in [-0.05, 0) is 35.9 Å². The van der Waals surface area contributed by atoms with Crippen molar-refractivity contribution in [1.82, 2.24) is 5.32 Å². The molecule has 0 saturated heterocycles. The molecule has 0 fully saturated rings.